The predicted octanol–water partition coefficient (Wildman–Crippen LogP) is 2.41. The van der Waals surface area contributed by atoms with Crippen LogP contribution in [0.4, 0.5) is 0 Å². The summed E-state index contributed by atoms with van der Waals surface area (Å²) < 4.78 is 13.6. The smallest absolute Gasteiger partial charge is 0.226 e. The average Bonchev–Trinajstić information content (AvgIpc) is 3.18. The van der Waals surface area contributed by atoms with Gasteiger partial charge in [-0.2, -0.15) is 0 Å². The quantitative estimate of drug-likeness (QED) is 0.826. The van der Waals surface area contributed by atoms with Crippen LogP contribution >= 0.6 is 0 Å². The van der Waals surface area contributed by atoms with Crippen LogP contribution in [0.1, 0.15) is 30.3 Å². The van der Waals surface area contributed by atoms with Crippen molar-refractivity contribution in [1.29, 1.82) is 0 Å². The van der Waals surface area contributed by atoms with Gasteiger partial charge in [-0.3, -0.25) is 9.78 Å². The zero-order valence-corrected chi connectivity index (χ0v) is 14.9. The van der Waals surface area contributed by atoms with Crippen molar-refractivity contribution >= 4 is 5.91 Å². The van der Waals surface area contributed by atoms with E-state index in [4.69, 9.17) is 9.47 Å². The van der Waals surface area contributed by atoms with Crippen LogP contribution in [0.2, 0.25) is 0 Å². The second-order valence-corrected chi connectivity index (χ2v) is 7.00. The molecule has 2 aromatic rings. The van der Waals surface area contributed by atoms with Crippen molar-refractivity contribution < 1.29 is 14.3 Å². The molecule has 0 radical (unpaired) electrons. The van der Waals surface area contributed by atoms with Crippen molar-refractivity contribution in [3.8, 4) is 0 Å². The molecule has 0 N–H and O–H groups in total. The summed E-state index contributed by atoms with van der Waals surface area (Å²) in [6.07, 6.45) is 5.52. The Morgan fingerprint density at radius 3 is 2.92 bits per heavy atom. The molecule has 1 saturated heterocycles. The number of carbonyl (C=O) groups excluding carboxylic acids is 1. The van der Waals surface area contributed by atoms with Gasteiger partial charge in [-0.25, -0.2) is 0 Å². The molecule has 1 fully saturated rings. The molecule has 0 unspecified atom stereocenters. The molecule has 6 heteroatoms. The maximum absolute atomic E-state index is 12.9. The molecule has 1 atom stereocenters. The lowest BCUT2D eigenvalue weighted by atomic mass is 9.98. The number of hydrogen-bond donors (Lipinski definition) is 0. The van der Waals surface area contributed by atoms with Crippen LogP contribution in [-0.2, 0) is 27.4 Å². The van der Waals surface area contributed by atoms with Gasteiger partial charge in [0.15, 0.2) is 0 Å². The first-order chi connectivity index (χ1) is 12.8. The van der Waals surface area contributed by atoms with E-state index in [9.17, 15) is 4.79 Å². The van der Waals surface area contributed by atoms with E-state index in [0.717, 1.165) is 18.5 Å². The molecule has 2 aliphatic heterocycles. The van der Waals surface area contributed by atoms with Gasteiger partial charge < -0.3 is 18.9 Å². The number of fused-ring (bicyclic) bond motifs is 1. The van der Waals surface area contributed by atoms with Gasteiger partial charge in [0, 0.05) is 43.8 Å². The molecule has 2 aliphatic rings. The van der Waals surface area contributed by atoms with Gasteiger partial charge in [-0.05, 0) is 37.1 Å². The zero-order chi connectivity index (χ0) is 17.8. The number of carbonyl (C=O) groups is 1. The average molecular weight is 355 g/mol. The van der Waals surface area contributed by atoms with Crippen molar-refractivity contribution in [2.24, 2.45) is 5.92 Å². The van der Waals surface area contributed by atoms with Crippen LogP contribution in [0.5, 0.6) is 0 Å². The Morgan fingerprint density at radius 2 is 2.12 bits per heavy atom. The Balaban J connectivity index is 1.40. The van der Waals surface area contributed by atoms with Crippen molar-refractivity contribution in [2.45, 2.75) is 32.0 Å². The van der Waals surface area contributed by atoms with Crippen LogP contribution in [0, 0.1) is 5.92 Å². The summed E-state index contributed by atoms with van der Waals surface area (Å²) in [5.74, 6) is 0.357. The summed E-state index contributed by atoms with van der Waals surface area (Å²) in [5.41, 5.74) is 2.09. The molecule has 4 heterocycles. The van der Waals surface area contributed by atoms with Crippen LogP contribution in [0.15, 0.2) is 42.7 Å². The van der Waals surface area contributed by atoms with Crippen molar-refractivity contribution in [3.05, 3.63) is 54.1 Å². The van der Waals surface area contributed by atoms with E-state index in [-0.39, 0.29) is 17.9 Å². The maximum Gasteiger partial charge on any atom is 0.226 e. The molecular formula is C20H25N3O3. The normalized spacial score (nSPS) is 20.8. The molecule has 26 heavy (non-hydrogen) atoms. The summed E-state index contributed by atoms with van der Waals surface area (Å²) in [7, 11) is 0. The van der Waals surface area contributed by atoms with Crippen molar-refractivity contribution in [2.75, 3.05) is 26.4 Å². The number of pyridine rings is 1. The molecule has 0 bridgehead atoms. The summed E-state index contributed by atoms with van der Waals surface area (Å²) in [6.45, 7) is 3.81. The second kappa shape index (κ2) is 8.01. The van der Waals surface area contributed by atoms with Gasteiger partial charge in [0.1, 0.15) is 0 Å². The Labute approximate surface area is 153 Å². The fraction of sp³-hybridized carbons (Fsp3) is 0.500. The Hall–Kier alpha value is -2.18. The lowest BCUT2D eigenvalue weighted by Crippen LogP contribution is -2.45. The highest BCUT2D eigenvalue weighted by molar-refractivity contribution is 5.79. The molecule has 138 valence electrons. The number of amides is 1. The van der Waals surface area contributed by atoms with Gasteiger partial charge in [0.2, 0.25) is 5.91 Å². The molecule has 0 spiro atoms. The van der Waals surface area contributed by atoms with E-state index in [2.05, 4.69) is 21.8 Å². The molecule has 0 saturated carbocycles. The van der Waals surface area contributed by atoms with E-state index in [0.29, 0.717) is 39.5 Å². The Bertz CT molecular complexity index is 725. The predicted molar refractivity (Wildman–Crippen MR) is 96.3 cm³/mol. The number of aromatic nitrogens is 2. The molecule has 2 aromatic heterocycles. The third kappa shape index (κ3) is 3.81. The maximum atomic E-state index is 12.9. The minimum Gasteiger partial charge on any atom is -0.381 e. The van der Waals surface area contributed by atoms with Crippen LogP contribution in [0.3, 0.4) is 0 Å². The topological polar surface area (TPSA) is 56.6 Å². The SMILES string of the molecule is O=C(C1CCOCC1)N1Cc2cccn2[C@H](COCc2ccccn2)C1. The molecule has 4 rings (SSSR count). The van der Waals surface area contributed by atoms with E-state index < -0.39 is 0 Å². The number of rotatable bonds is 5. The van der Waals surface area contributed by atoms with E-state index in [1.807, 2.05) is 29.2 Å². The number of ether oxygens (including phenoxy) is 2. The summed E-state index contributed by atoms with van der Waals surface area (Å²) in [5, 5.41) is 0. The number of nitrogens with zero attached hydrogens (tertiary/aromatic N) is 3. The fourth-order valence-corrected chi connectivity index (χ4v) is 3.81. The van der Waals surface area contributed by atoms with E-state index in [1.165, 1.54) is 5.69 Å². The monoisotopic (exact) mass is 355 g/mol. The lowest BCUT2D eigenvalue weighted by molar-refractivity contribution is -0.141. The minimum atomic E-state index is 0.0975. The third-order valence-corrected chi connectivity index (χ3v) is 5.21. The summed E-state index contributed by atoms with van der Waals surface area (Å²) in [4.78, 5) is 19.2. The second-order valence-electron chi connectivity index (χ2n) is 7.00. The molecule has 6 nitrogen and oxygen atoms in total. The first-order valence-corrected chi connectivity index (χ1v) is 9.31. The first kappa shape index (κ1) is 17.2. The minimum absolute atomic E-state index is 0.0975. The summed E-state index contributed by atoms with van der Waals surface area (Å²) >= 11 is 0. The summed E-state index contributed by atoms with van der Waals surface area (Å²) in [6, 6.07) is 10.1. The standard InChI is InChI=1S/C20H25N3O3/c24-20(16-6-10-25-11-7-16)22-12-18-5-3-9-23(18)19(13-22)15-26-14-17-4-1-2-8-21-17/h1-5,8-9,16,19H,6-7,10-15H2/t19-/m0/s1. The van der Waals surface area contributed by atoms with Gasteiger partial charge in [-0.15, -0.1) is 0 Å². The lowest BCUT2D eigenvalue weighted by Gasteiger charge is -2.37. The van der Waals surface area contributed by atoms with Crippen molar-refractivity contribution in [1.82, 2.24) is 14.5 Å². The van der Waals surface area contributed by atoms with Gasteiger partial charge >= 0.3 is 0 Å². The van der Waals surface area contributed by atoms with Crippen molar-refractivity contribution in [3.63, 3.8) is 0 Å². The van der Waals surface area contributed by atoms with Crippen LogP contribution < -0.4 is 0 Å². The van der Waals surface area contributed by atoms with E-state index >= 15 is 0 Å². The molecule has 1 amide bonds. The molecule has 0 aliphatic carbocycles. The van der Waals surface area contributed by atoms with Crippen LogP contribution in [0.25, 0.3) is 0 Å². The third-order valence-electron chi connectivity index (χ3n) is 5.21. The number of hydrogen-bond acceptors (Lipinski definition) is 4. The zero-order valence-electron chi connectivity index (χ0n) is 14.9. The van der Waals surface area contributed by atoms with Gasteiger partial charge in [-0.1, -0.05) is 6.07 Å². The highest BCUT2D eigenvalue weighted by Gasteiger charge is 2.32. The largest absolute Gasteiger partial charge is 0.381 e. The highest BCUT2D eigenvalue weighted by atomic mass is 16.5. The van der Waals surface area contributed by atoms with Gasteiger partial charge in [0.05, 0.1) is 31.5 Å². The Kier molecular flexibility index (Phi) is 5.32. The molecular weight excluding hydrogens is 330 g/mol. The first-order valence-electron chi connectivity index (χ1n) is 9.31. The van der Waals surface area contributed by atoms with Crippen LogP contribution in [-0.4, -0.2) is 46.7 Å². The Morgan fingerprint density at radius 1 is 1.23 bits per heavy atom. The fourth-order valence-electron chi connectivity index (χ4n) is 3.81. The van der Waals surface area contributed by atoms with Gasteiger partial charge in [0.25, 0.3) is 0 Å². The highest BCUT2D eigenvalue weighted by Crippen LogP contribution is 2.26. The van der Waals surface area contributed by atoms with E-state index in [1.54, 1.807) is 6.20 Å². The molecule has 0 aromatic carbocycles.